The second-order valence-corrected chi connectivity index (χ2v) is 6.28. The number of rotatable bonds is 5. The lowest BCUT2D eigenvalue weighted by Crippen LogP contribution is -1.95. The molecule has 0 fully saturated rings. The molecule has 4 heteroatoms. The minimum absolute atomic E-state index is 0.227. The molecule has 0 saturated heterocycles. The lowest BCUT2D eigenvalue weighted by Gasteiger charge is -2.02. The first kappa shape index (κ1) is 17.6. The van der Waals surface area contributed by atoms with Gasteiger partial charge < -0.3 is 4.98 Å². The molecule has 28 heavy (non-hydrogen) atoms. The van der Waals surface area contributed by atoms with E-state index in [1.807, 2.05) is 36.5 Å². The first-order valence-electron chi connectivity index (χ1n) is 8.88. The summed E-state index contributed by atoms with van der Waals surface area (Å²) in [5, 5.41) is 1.06. The van der Waals surface area contributed by atoms with Gasteiger partial charge in [0.05, 0.1) is 5.69 Å². The van der Waals surface area contributed by atoms with Gasteiger partial charge in [0.1, 0.15) is 5.82 Å². The lowest BCUT2D eigenvalue weighted by molar-refractivity contribution is 0.104. The molecule has 3 aromatic carbocycles. The summed E-state index contributed by atoms with van der Waals surface area (Å²) in [5.41, 5.74) is 3.37. The normalized spacial score (nSPS) is 11.6. The second kappa shape index (κ2) is 7.84. The van der Waals surface area contributed by atoms with E-state index in [0.717, 1.165) is 16.5 Å². The number of H-pyrrole nitrogens is 1. The Morgan fingerprint density at radius 3 is 2.54 bits per heavy atom. The zero-order valence-corrected chi connectivity index (χ0v) is 15.0. The fourth-order valence-electron chi connectivity index (χ4n) is 3.00. The zero-order valence-electron chi connectivity index (χ0n) is 15.0. The Labute approximate surface area is 161 Å². The summed E-state index contributed by atoms with van der Waals surface area (Å²) in [7, 11) is 0. The van der Waals surface area contributed by atoms with Crippen LogP contribution in [-0.4, -0.2) is 17.0 Å². The number of hydrogen-bond donors (Lipinski definition) is 1. The number of aliphatic imine (C=N–C) groups is 1. The van der Waals surface area contributed by atoms with E-state index in [-0.39, 0.29) is 11.6 Å². The smallest absolute Gasteiger partial charge is 0.188 e. The van der Waals surface area contributed by atoms with E-state index in [1.54, 1.807) is 42.6 Å². The van der Waals surface area contributed by atoms with E-state index in [9.17, 15) is 9.18 Å². The van der Waals surface area contributed by atoms with Crippen molar-refractivity contribution in [3.63, 3.8) is 0 Å². The highest BCUT2D eigenvalue weighted by Crippen LogP contribution is 2.22. The molecule has 0 saturated carbocycles. The van der Waals surface area contributed by atoms with E-state index in [1.165, 1.54) is 18.2 Å². The average molecular weight is 368 g/mol. The van der Waals surface area contributed by atoms with E-state index in [2.05, 4.69) is 9.98 Å². The van der Waals surface area contributed by atoms with Crippen molar-refractivity contribution in [3.05, 3.63) is 108 Å². The molecule has 0 bridgehead atoms. The van der Waals surface area contributed by atoms with Crippen molar-refractivity contribution >= 4 is 34.7 Å². The molecule has 1 heterocycles. The number of nitrogens with one attached hydrogen (secondary N) is 1. The number of nitrogens with zero attached hydrogens (tertiary/aromatic N) is 1. The Morgan fingerprint density at radius 1 is 0.893 bits per heavy atom. The SMILES string of the molecule is O=C(/C=C\c1ccccc1F)c1ccccc1N=Cc1c[nH]c2ccccc12. The maximum atomic E-state index is 13.7. The van der Waals surface area contributed by atoms with E-state index in [4.69, 9.17) is 0 Å². The van der Waals surface area contributed by atoms with Crippen molar-refractivity contribution in [1.82, 2.24) is 4.98 Å². The Bertz CT molecular complexity index is 1200. The van der Waals surface area contributed by atoms with E-state index in [0.29, 0.717) is 16.8 Å². The number of fused-ring (bicyclic) bond motifs is 1. The molecule has 3 nitrogen and oxygen atoms in total. The number of benzene rings is 3. The maximum absolute atomic E-state index is 13.7. The molecular weight excluding hydrogens is 351 g/mol. The minimum atomic E-state index is -0.364. The lowest BCUT2D eigenvalue weighted by atomic mass is 10.1. The van der Waals surface area contributed by atoms with Crippen LogP contribution in [0.15, 0.2) is 90.1 Å². The summed E-state index contributed by atoms with van der Waals surface area (Å²) in [5.74, 6) is -0.591. The average Bonchev–Trinajstić information content (AvgIpc) is 3.15. The first-order chi connectivity index (χ1) is 13.7. The largest absolute Gasteiger partial charge is 0.361 e. The number of halogens is 1. The van der Waals surface area contributed by atoms with Gasteiger partial charge >= 0.3 is 0 Å². The van der Waals surface area contributed by atoms with E-state index >= 15 is 0 Å². The fraction of sp³-hybridized carbons (Fsp3) is 0. The number of carbonyl (C=O) groups is 1. The predicted octanol–water partition coefficient (Wildman–Crippen LogP) is 5.95. The highest BCUT2D eigenvalue weighted by molar-refractivity contribution is 6.10. The van der Waals surface area contributed by atoms with Gasteiger partial charge in [0, 0.05) is 40.0 Å². The molecule has 1 aromatic heterocycles. The molecule has 0 aliphatic heterocycles. The Hall–Kier alpha value is -3.79. The van der Waals surface area contributed by atoms with Crippen LogP contribution in [0.3, 0.4) is 0 Å². The predicted molar refractivity (Wildman–Crippen MR) is 112 cm³/mol. The molecule has 0 radical (unpaired) electrons. The van der Waals surface area contributed by atoms with Gasteiger partial charge in [0.25, 0.3) is 0 Å². The fourth-order valence-corrected chi connectivity index (χ4v) is 3.00. The van der Waals surface area contributed by atoms with Crippen LogP contribution in [0.25, 0.3) is 17.0 Å². The summed E-state index contributed by atoms with van der Waals surface area (Å²) in [4.78, 5) is 20.4. The van der Waals surface area contributed by atoms with Crippen molar-refractivity contribution in [3.8, 4) is 0 Å². The Balaban J connectivity index is 1.62. The minimum Gasteiger partial charge on any atom is -0.361 e. The number of para-hydroxylation sites is 2. The number of aromatic nitrogens is 1. The zero-order chi connectivity index (χ0) is 19.3. The third kappa shape index (κ3) is 3.67. The van der Waals surface area contributed by atoms with Gasteiger partial charge in [-0.3, -0.25) is 9.79 Å². The van der Waals surface area contributed by atoms with Crippen LogP contribution < -0.4 is 0 Å². The molecule has 1 N–H and O–H groups in total. The van der Waals surface area contributed by atoms with Crippen LogP contribution >= 0.6 is 0 Å². The van der Waals surface area contributed by atoms with Crippen molar-refractivity contribution in [2.45, 2.75) is 0 Å². The second-order valence-electron chi connectivity index (χ2n) is 6.28. The van der Waals surface area contributed by atoms with Crippen molar-refractivity contribution in [1.29, 1.82) is 0 Å². The third-order valence-electron chi connectivity index (χ3n) is 4.45. The summed E-state index contributed by atoms with van der Waals surface area (Å²) < 4.78 is 13.7. The van der Waals surface area contributed by atoms with Crippen LogP contribution in [0.2, 0.25) is 0 Å². The molecule has 4 rings (SSSR count). The van der Waals surface area contributed by atoms with Crippen LogP contribution in [-0.2, 0) is 0 Å². The summed E-state index contributed by atoms with van der Waals surface area (Å²) in [6.07, 6.45) is 6.48. The van der Waals surface area contributed by atoms with Gasteiger partial charge in [-0.25, -0.2) is 4.39 Å². The number of ketones is 1. The Morgan fingerprint density at radius 2 is 1.64 bits per heavy atom. The van der Waals surface area contributed by atoms with Crippen LogP contribution in [0.4, 0.5) is 10.1 Å². The standard InChI is InChI=1S/C24H17FN2O/c25-21-10-4-1-7-17(21)13-14-24(28)20-9-3-6-12-23(20)27-16-18-15-26-22-11-5-2-8-19(18)22/h1-16,26H/b14-13-,27-16?. The highest BCUT2D eigenvalue weighted by Gasteiger charge is 2.08. The van der Waals surface area contributed by atoms with Gasteiger partial charge in [-0.2, -0.15) is 0 Å². The molecule has 0 spiro atoms. The number of hydrogen-bond acceptors (Lipinski definition) is 2. The first-order valence-corrected chi connectivity index (χ1v) is 8.88. The maximum Gasteiger partial charge on any atom is 0.188 e. The van der Waals surface area contributed by atoms with Crippen molar-refractivity contribution in [2.24, 2.45) is 4.99 Å². The topological polar surface area (TPSA) is 45.2 Å². The highest BCUT2D eigenvalue weighted by atomic mass is 19.1. The summed E-state index contributed by atoms with van der Waals surface area (Å²) in [6.45, 7) is 0. The van der Waals surface area contributed by atoms with Crippen molar-refractivity contribution < 1.29 is 9.18 Å². The van der Waals surface area contributed by atoms with Crippen LogP contribution in [0.1, 0.15) is 21.5 Å². The Kier molecular flexibility index (Phi) is 4.93. The van der Waals surface area contributed by atoms with Gasteiger partial charge in [-0.1, -0.05) is 48.5 Å². The van der Waals surface area contributed by atoms with Crippen molar-refractivity contribution in [2.75, 3.05) is 0 Å². The number of aromatic amines is 1. The number of carbonyl (C=O) groups excluding carboxylic acids is 1. The molecule has 4 aromatic rings. The monoisotopic (exact) mass is 368 g/mol. The molecule has 0 aliphatic rings. The molecule has 136 valence electrons. The molecule has 0 aliphatic carbocycles. The molecule has 0 amide bonds. The van der Waals surface area contributed by atoms with Gasteiger partial charge in [-0.05, 0) is 36.4 Å². The molecule has 0 unspecified atom stereocenters. The quantitative estimate of drug-likeness (QED) is 0.264. The van der Waals surface area contributed by atoms with E-state index < -0.39 is 0 Å². The van der Waals surface area contributed by atoms with Crippen LogP contribution in [0, 0.1) is 5.82 Å². The molecule has 0 atom stereocenters. The third-order valence-corrected chi connectivity index (χ3v) is 4.45. The summed E-state index contributed by atoms with van der Waals surface area (Å²) in [6, 6.07) is 21.4. The van der Waals surface area contributed by atoms with Gasteiger partial charge in [-0.15, -0.1) is 0 Å². The summed E-state index contributed by atoms with van der Waals surface area (Å²) >= 11 is 0. The van der Waals surface area contributed by atoms with Gasteiger partial charge in [0.15, 0.2) is 5.78 Å². The van der Waals surface area contributed by atoms with Crippen LogP contribution in [0.5, 0.6) is 0 Å². The molecular formula is C24H17FN2O. The van der Waals surface area contributed by atoms with Gasteiger partial charge in [0.2, 0.25) is 0 Å². The number of allylic oxidation sites excluding steroid dienone is 1.